The number of nitrogens with zero attached hydrogens (tertiary/aromatic N) is 2. The number of nitrogens with one attached hydrogen (secondary N) is 2. The van der Waals surface area contributed by atoms with Crippen molar-refractivity contribution in [3.8, 4) is 17.1 Å². The van der Waals surface area contributed by atoms with E-state index < -0.39 is 16.0 Å². The van der Waals surface area contributed by atoms with Gasteiger partial charge in [0.15, 0.2) is 0 Å². The van der Waals surface area contributed by atoms with Crippen LogP contribution in [0.2, 0.25) is 0 Å². The van der Waals surface area contributed by atoms with Gasteiger partial charge in [-0.05, 0) is 86.1 Å². The molecule has 12 heteroatoms. The summed E-state index contributed by atoms with van der Waals surface area (Å²) in [6, 6.07) is 13.0. The van der Waals surface area contributed by atoms with E-state index in [1.807, 2.05) is 32.0 Å². The molecule has 2 aliphatic rings. The minimum absolute atomic E-state index is 0.00577. The zero-order valence-corrected chi connectivity index (χ0v) is 28.6. The number of rotatable bonds is 12. The molecule has 2 aromatic carbocycles. The number of esters is 1. The van der Waals surface area contributed by atoms with Crippen LogP contribution in [0.1, 0.15) is 74.4 Å². The Balaban J connectivity index is 1.37. The molecule has 0 saturated heterocycles. The summed E-state index contributed by atoms with van der Waals surface area (Å²) in [6.07, 6.45) is 4.58. The van der Waals surface area contributed by atoms with E-state index in [0.717, 1.165) is 54.9 Å². The van der Waals surface area contributed by atoms with Crippen molar-refractivity contribution in [2.75, 3.05) is 18.4 Å². The molecule has 3 aromatic rings. The van der Waals surface area contributed by atoms with Gasteiger partial charge in [-0.25, -0.2) is 22.9 Å². The summed E-state index contributed by atoms with van der Waals surface area (Å²) in [5.41, 5.74) is 3.31. The van der Waals surface area contributed by atoms with Gasteiger partial charge in [0.1, 0.15) is 6.61 Å². The number of anilines is 1. The SMILES string of the molecule is COC(=O)C1CC2(CC(N[C@@H](COc3cc(-c4c(C)cccc4C)nc(NS(=O)(=O)c4cccc(C(=O)O)c4)n3)CC(C)(C)C)C2)C1. The molecule has 1 aromatic heterocycles. The number of hydrogen-bond donors (Lipinski definition) is 3. The average molecular weight is 665 g/mol. The standard InChI is InChI=1S/C35H44N4O7S/c1-21-9-7-10-22(2)30(21)28-14-29(38-33(37-28)39-47(43,44)27-12-8-11-23(13-27)31(40)41)46-20-26(17-34(3,4)5)36-25-18-35(19-25)15-24(16-35)32(42)45-6/h7-14,24-26,36H,15-20H2,1-6H3,(H,40,41)(H,37,38,39)/t24?,25?,26-,35?/m1/s1. The normalized spacial score (nSPS) is 21.3. The number of carbonyl (C=O) groups excluding carboxylic acids is 1. The fourth-order valence-corrected chi connectivity index (χ4v) is 8.04. The Kier molecular flexibility index (Phi) is 9.66. The van der Waals surface area contributed by atoms with Crippen LogP contribution in [0.25, 0.3) is 11.3 Å². The second-order valence-electron chi connectivity index (χ2n) is 14.3. The van der Waals surface area contributed by atoms with Gasteiger partial charge in [0, 0.05) is 23.7 Å². The van der Waals surface area contributed by atoms with E-state index in [2.05, 4.69) is 40.8 Å². The van der Waals surface area contributed by atoms with Gasteiger partial charge in [-0.15, -0.1) is 0 Å². The summed E-state index contributed by atoms with van der Waals surface area (Å²) in [6.45, 7) is 10.7. The fraction of sp³-hybridized carbons (Fsp3) is 0.486. The zero-order valence-electron chi connectivity index (χ0n) is 27.8. The molecule has 0 aliphatic heterocycles. The van der Waals surface area contributed by atoms with E-state index in [4.69, 9.17) is 9.47 Å². The minimum Gasteiger partial charge on any atom is -0.478 e. The summed E-state index contributed by atoms with van der Waals surface area (Å²) in [5, 5.41) is 13.1. The fourth-order valence-electron chi connectivity index (χ4n) is 7.05. The molecule has 1 heterocycles. The van der Waals surface area contributed by atoms with Crippen molar-refractivity contribution in [2.24, 2.45) is 16.7 Å². The van der Waals surface area contributed by atoms with Gasteiger partial charge >= 0.3 is 11.9 Å². The number of aromatic carboxylic acids is 1. The first-order valence-corrected chi connectivity index (χ1v) is 17.3. The number of ether oxygens (including phenoxy) is 2. The highest BCUT2D eigenvalue weighted by molar-refractivity contribution is 7.92. The lowest BCUT2D eigenvalue weighted by molar-refractivity contribution is -0.159. The summed E-state index contributed by atoms with van der Waals surface area (Å²) in [5.74, 6) is -1.33. The van der Waals surface area contributed by atoms with Gasteiger partial charge in [0.25, 0.3) is 10.0 Å². The number of benzene rings is 2. The molecule has 0 radical (unpaired) electrons. The highest BCUT2D eigenvalue weighted by Gasteiger charge is 2.55. The largest absolute Gasteiger partial charge is 0.478 e. The van der Waals surface area contributed by atoms with Crippen LogP contribution in [0.5, 0.6) is 5.88 Å². The van der Waals surface area contributed by atoms with E-state index in [9.17, 15) is 23.1 Å². The molecule has 252 valence electrons. The molecule has 47 heavy (non-hydrogen) atoms. The van der Waals surface area contributed by atoms with Crippen LogP contribution in [0.3, 0.4) is 0 Å². The van der Waals surface area contributed by atoms with Crippen molar-refractivity contribution < 1.29 is 32.6 Å². The van der Waals surface area contributed by atoms with Crippen LogP contribution in [-0.2, 0) is 19.6 Å². The number of hydrogen-bond acceptors (Lipinski definition) is 9. The maximum Gasteiger partial charge on any atom is 0.335 e. The second kappa shape index (κ2) is 13.2. The van der Waals surface area contributed by atoms with Crippen LogP contribution < -0.4 is 14.8 Å². The smallest absolute Gasteiger partial charge is 0.335 e. The van der Waals surface area contributed by atoms with Gasteiger partial charge in [-0.2, -0.15) is 4.98 Å². The first kappa shape index (κ1) is 34.3. The summed E-state index contributed by atoms with van der Waals surface area (Å²) in [7, 11) is -2.79. The summed E-state index contributed by atoms with van der Waals surface area (Å²) >= 11 is 0. The molecule has 0 amide bonds. The molecule has 3 N–H and O–H groups in total. The van der Waals surface area contributed by atoms with Gasteiger partial charge in [0.2, 0.25) is 11.8 Å². The highest BCUT2D eigenvalue weighted by atomic mass is 32.2. The van der Waals surface area contributed by atoms with E-state index in [0.29, 0.717) is 18.3 Å². The van der Waals surface area contributed by atoms with Crippen LogP contribution in [0, 0.1) is 30.6 Å². The zero-order chi connectivity index (χ0) is 34.1. The lowest BCUT2D eigenvalue weighted by Crippen LogP contribution is -2.59. The maximum absolute atomic E-state index is 13.3. The summed E-state index contributed by atoms with van der Waals surface area (Å²) < 4.78 is 40.4. The Labute approximate surface area is 276 Å². The second-order valence-corrected chi connectivity index (χ2v) is 16.0. The summed E-state index contributed by atoms with van der Waals surface area (Å²) in [4.78, 5) is 32.1. The molecule has 11 nitrogen and oxygen atoms in total. The Morgan fingerprint density at radius 2 is 1.68 bits per heavy atom. The minimum atomic E-state index is -4.23. The average Bonchev–Trinajstić information content (AvgIpc) is 2.95. The lowest BCUT2D eigenvalue weighted by Gasteiger charge is -2.57. The predicted octanol–water partition coefficient (Wildman–Crippen LogP) is 5.76. The molecule has 0 unspecified atom stereocenters. The quantitative estimate of drug-likeness (QED) is 0.203. The van der Waals surface area contributed by atoms with E-state index in [1.54, 1.807) is 6.07 Å². The molecular weight excluding hydrogens is 620 g/mol. The number of carboxylic acid groups (broad SMARTS) is 1. The molecule has 1 atom stereocenters. The van der Waals surface area contributed by atoms with Gasteiger partial charge in [-0.1, -0.05) is 45.0 Å². The molecule has 2 aliphatic carbocycles. The number of carboxylic acids is 1. The highest BCUT2D eigenvalue weighted by Crippen LogP contribution is 2.59. The Morgan fingerprint density at radius 3 is 2.30 bits per heavy atom. The van der Waals surface area contributed by atoms with Crippen LogP contribution in [0.4, 0.5) is 5.95 Å². The van der Waals surface area contributed by atoms with Crippen molar-refractivity contribution in [1.29, 1.82) is 0 Å². The Bertz CT molecular complexity index is 1740. The van der Waals surface area contributed by atoms with Crippen molar-refractivity contribution in [1.82, 2.24) is 15.3 Å². The molecule has 2 fully saturated rings. The third-order valence-electron chi connectivity index (χ3n) is 9.07. The van der Waals surface area contributed by atoms with E-state index in [1.165, 1.54) is 25.3 Å². The van der Waals surface area contributed by atoms with Crippen molar-refractivity contribution in [3.63, 3.8) is 0 Å². The Hall–Kier alpha value is -4.03. The third kappa shape index (κ3) is 8.10. The molecular formula is C35H44N4O7S. The van der Waals surface area contributed by atoms with Crippen LogP contribution in [-0.4, -0.2) is 61.2 Å². The first-order chi connectivity index (χ1) is 22.1. The number of methoxy groups -OCH3 is 1. The number of carbonyl (C=O) groups is 2. The topological polar surface area (TPSA) is 157 Å². The van der Waals surface area contributed by atoms with Gasteiger partial charge < -0.3 is 19.9 Å². The van der Waals surface area contributed by atoms with Crippen molar-refractivity contribution in [3.05, 3.63) is 65.2 Å². The first-order valence-electron chi connectivity index (χ1n) is 15.8. The third-order valence-corrected chi connectivity index (χ3v) is 10.4. The number of aromatic nitrogens is 2. The van der Waals surface area contributed by atoms with Gasteiger partial charge in [0.05, 0.1) is 29.2 Å². The monoisotopic (exact) mass is 664 g/mol. The number of aryl methyl sites for hydroxylation is 2. The van der Waals surface area contributed by atoms with Crippen molar-refractivity contribution in [2.45, 2.75) is 83.7 Å². The Morgan fingerprint density at radius 1 is 1.02 bits per heavy atom. The van der Waals surface area contributed by atoms with E-state index in [-0.39, 0.29) is 51.0 Å². The molecule has 1 spiro atoms. The predicted molar refractivity (Wildman–Crippen MR) is 178 cm³/mol. The van der Waals surface area contributed by atoms with Crippen LogP contribution >= 0.6 is 0 Å². The molecule has 0 bridgehead atoms. The van der Waals surface area contributed by atoms with Crippen molar-refractivity contribution >= 4 is 27.9 Å². The molecule has 5 rings (SSSR count). The lowest BCUT2D eigenvalue weighted by atomic mass is 9.50. The van der Waals surface area contributed by atoms with Crippen LogP contribution in [0.15, 0.2) is 53.4 Å². The molecule has 2 saturated carbocycles. The number of sulfonamides is 1. The van der Waals surface area contributed by atoms with Gasteiger partial charge in [-0.3, -0.25) is 4.79 Å². The van der Waals surface area contributed by atoms with E-state index >= 15 is 0 Å². The maximum atomic E-state index is 13.3.